The summed E-state index contributed by atoms with van der Waals surface area (Å²) in [6.07, 6.45) is 4.99. The topological polar surface area (TPSA) is 150 Å². The molecule has 4 amide bonds. The van der Waals surface area contributed by atoms with Gasteiger partial charge in [0.2, 0.25) is 5.91 Å². The molecule has 0 saturated carbocycles. The lowest BCUT2D eigenvalue weighted by atomic mass is 10.2. The highest BCUT2D eigenvalue weighted by Crippen LogP contribution is 2.13. The first-order valence-corrected chi connectivity index (χ1v) is 11.0. The first-order valence-electron chi connectivity index (χ1n) is 11.0. The van der Waals surface area contributed by atoms with Crippen LogP contribution < -0.4 is 10.6 Å². The summed E-state index contributed by atoms with van der Waals surface area (Å²) < 4.78 is 15.8. The summed E-state index contributed by atoms with van der Waals surface area (Å²) >= 11 is 0. The average Bonchev–Trinajstić information content (AvgIpc) is 3.05. The Labute approximate surface area is 198 Å². The van der Waals surface area contributed by atoms with E-state index in [1.807, 2.05) is 0 Å². The van der Waals surface area contributed by atoms with Gasteiger partial charge in [-0.1, -0.05) is 0 Å². The number of alkyl carbamates (subject to hydrolysis) is 1. The predicted molar refractivity (Wildman–Crippen MR) is 118 cm³/mol. The summed E-state index contributed by atoms with van der Waals surface area (Å²) in [6, 6.07) is -0.920. The van der Waals surface area contributed by atoms with Gasteiger partial charge in [-0.25, -0.2) is 9.59 Å². The molecule has 0 aromatic carbocycles. The Kier molecular flexibility index (Phi) is 12.6. The van der Waals surface area contributed by atoms with E-state index >= 15 is 0 Å². The fourth-order valence-corrected chi connectivity index (χ4v) is 2.59. The number of amides is 4. The van der Waals surface area contributed by atoms with Crippen LogP contribution in [0.4, 0.5) is 4.79 Å². The molecule has 0 aliphatic carbocycles. The summed E-state index contributed by atoms with van der Waals surface area (Å²) in [4.78, 5) is 63.2. The van der Waals surface area contributed by atoms with Crippen molar-refractivity contribution in [1.82, 2.24) is 15.7 Å². The second-order valence-electron chi connectivity index (χ2n) is 8.27. The van der Waals surface area contributed by atoms with E-state index in [4.69, 9.17) is 25.5 Å². The zero-order chi connectivity index (χ0) is 25.6. The van der Waals surface area contributed by atoms with Gasteiger partial charge in [0, 0.05) is 32.4 Å². The number of rotatable bonds is 14. The van der Waals surface area contributed by atoms with Crippen LogP contribution in [0.2, 0.25) is 0 Å². The average molecular weight is 484 g/mol. The lowest BCUT2D eigenvalue weighted by Gasteiger charge is -2.22. The summed E-state index contributed by atoms with van der Waals surface area (Å²) in [5.41, 5.74) is -0.699. The third kappa shape index (κ3) is 12.2. The summed E-state index contributed by atoms with van der Waals surface area (Å²) in [6.45, 7) is 6.35. The number of nitrogens with one attached hydrogen (secondary N) is 2. The van der Waals surface area contributed by atoms with Crippen LogP contribution >= 0.6 is 0 Å². The molecule has 0 aromatic rings. The van der Waals surface area contributed by atoms with E-state index in [9.17, 15) is 24.0 Å². The number of terminal acetylenes is 1. The van der Waals surface area contributed by atoms with Gasteiger partial charge in [-0.05, 0) is 27.2 Å². The minimum Gasteiger partial charge on any atom is -0.444 e. The highest BCUT2D eigenvalue weighted by molar-refractivity contribution is 6.01. The molecule has 2 N–H and O–H groups in total. The molecule has 0 aromatic heterocycles. The predicted octanol–water partition coefficient (Wildman–Crippen LogP) is 0.440. The van der Waals surface area contributed by atoms with Gasteiger partial charge in [0.25, 0.3) is 11.8 Å². The van der Waals surface area contributed by atoms with Crippen LogP contribution in [-0.2, 0) is 38.2 Å². The molecular formula is C22H33N3O9. The van der Waals surface area contributed by atoms with E-state index < -0.39 is 41.4 Å². The van der Waals surface area contributed by atoms with Crippen molar-refractivity contribution in [3.8, 4) is 12.3 Å². The number of carbonyl (C=O) groups excluding carboxylic acids is 5. The monoisotopic (exact) mass is 483 g/mol. The maximum absolute atomic E-state index is 12.2. The molecule has 190 valence electrons. The van der Waals surface area contributed by atoms with Gasteiger partial charge in [0.1, 0.15) is 11.6 Å². The van der Waals surface area contributed by atoms with Crippen LogP contribution in [0.1, 0.15) is 52.9 Å². The van der Waals surface area contributed by atoms with Crippen molar-refractivity contribution in [2.75, 3.05) is 33.0 Å². The zero-order valence-electron chi connectivity index (χ0n) is 19.8. The van der Waals surface area contributed by atoms with Gasteiger partial charge in [0.15, 0.2) is 0 Å². The van der Waals surface area contributed by atoms with Gasteiger partial charge in [-0.2, -0.15) is 0 Å². The van der Waals surface area contributed by atoms with E-state index in [2.05, 4.69) is 16.6 Å². The van der Waals surface area contributed by atoms with Crippen molar-refractivity contribution < 1.29 is 43.0 Å². The normalized spacial score (nSPS) is 14.4. The summed E-state index contributed by atoms with van der Waals surface area (Å²) in [5.74, 6) is 0.173. The molecule has 34 heavy (non-hydrogen) atoms. The number of ether oxygens (including phenoxy) is 3. The summed E-state index contributed by atoms with van der Waals surface area (Å²) in [5, 5.41) is 5.58. The van der Waals surface area contributed by atoms with Crippen molar-refractivity contribution in [1.29, 1.82) is 0 Å². The van der Waals surface area contributed by atoms with E-state index in [-0.39, 0.29) is 58.7 Å². The molecule has 1 atom stereocenters. The lowest BCUT2D eigenvalue weighted by molar-refractivity contribution is -0.197. The van der Waals surface area contributed by atoms with Crippen molar-refractivity contribution in [2.24, 2.45) is 0 Å². The fourth-order valence-electron chi connectivity index (χ4n) is 2.59. The Bertz CT molecular complexity index is 755. The standard InChI is InChI=1S/C22H33N3O9/c1-5-7-16(24-21(30)33-22(2,3)4)20(29)23-11-13-32-15-14-31-12-6-8-19(28)34-25-17(26)9-10-18(25)27/h1,16H,6-15H2,2-4H3,(H,23,29)(H,24,30). The van der Waals surface area contributed by atoms with Crippen molar-refractivity contribution in [3.63, 3.8) is 0 Å². The fraction of sp³-hybridized carbons (Fsp3) is 0.682. The maximum Gasteiger partial charge on any atom is 0.408 e. The van der Waals surface area contributed by atoms with Gasteiger partial charge < -0.3 is 29.7 Å². The Hall–Kier alpha value is -3.17. The van der Waals surface area contributed by atoms with Gasteiger partial charge in [-0.3, -0.25) is 14.4 Å². The lowest BCUT2D eigenvalue weighted by Crippen LogP contribution is -2.48. The van der Waals surface area contributed by atoms with Crippen LogP contribution in [-0.4, -0.2) is 79.5 Å². The van der Waals surface area contributed by atoms with Crippen LogP contribution in [0.5, 0.6) is 0 Å². The minimum atomic E-state index is -0.920. The molecular weight excluding hydrogens is 450 g/mol. The van der Waals surface area contributed by atoms with Crippen LogP contribution in [0.15, 0.2) is 0 Å². The third-order valence-corrected chi connectivity index (χ3v) is 4.12. The number of hydrogen-bond donors (Lipinski definition) is 2. The molecule has 0 bridgehead atoms. The van der Waals surface area contributed by atoms with Crippen molar-refractivity contribution >= 4 is 29.8 Å². The minimum absolute atomic E-state index is 0.000103. The number of carbonyl (C=O) groups is 5. The van der Waals surface area contributed by atoms with Crippen molar-refractivity contribution in [3.05, 3.63) is 0 Å². The molecule has 1 saturated heterocycles. The molecule has 12 nitrogen and oxygen atoms in total. The van der Waals surface area contributed by atoms with Crippen LogP contribution in [0.25, 0.3) is 0 Å². The molecule has 12 heteroatoms. The molecule has 1 heterocycles. The summed E-state index contributed by atoms with van der Waals surface area (Å²) in [7, 11) is 0. The zero-order valence-corrected chi connectivity index (χ0v) is 19.8. The maximum atomic E-state index is 12.2. The van der Waals surface area contributed by atoms with E-state index in [1.54, 1.807) is 20.8 Å². The van der Waals surface area contributed by atoms with Crippen molar-refractivity contribution in [2.45, 2.75) is 64.5 Å². The Balaban J connectivity index is 2.07. The van der Waals surface area contributed by atoms with Gasteiger partial charge in [-0.15, -0.1) is 17.4 Å². The molecule has 0 spiro atoms. The molecule has 1 aliphatic heterocycles. The molecule has 1 rings (SSSR count). The quantitative estimate of drug-likeness (QED) is 0.204. The second kappa shape index (κ2) is 14.9. The number of imide groups is 1. The largest absolute Gasteiger partial charge is 0.444 e. The molecule has 1 fully saturated rings. The van der Waals surface area contributed by atoms with E-state index in [1.165, 1.54) is 0 Å². The second-order valence-corrected chi connectivity index (χ2v) is 8.27. The molecule has 0 radical (unpaired) electrons. The first-order chi connectivity index (χ1) is 16.0. The Morgan fingerprint density at radius 1 is 1.06 bits per heavy atom. The van der Waals surface area contributed by atoms with E-state index in [0.29, 0.717) is 11.5 Å². The Morgan fingerprint density at radius 3 is 2.26 bits per heavy atom. The number of nitrogens with zero attached hydrogens (tertiary/aromatic N) is 1. The Morgan fingerprint density at radius 2 is 1.68 bits per heavy atom. The van der Waals surface area contributed by atoms with Crippen LogP contribution in [0, 0.1) is 12.3 Å². The van der Waals surface area contributed by atoms with Gasteiger partial charge in [0.05, 0.1) is 26.2 Å². The number of hydroxylamine groups is 2. The first kappa shape index (κ1) is 28.9. The van der Waals surface area contributed by atoms with Crippen LogP contribution in [0.3, 0.4) is 0 Å². The smallest absolute Gasteiger partial charge is 0.408 e. The highest BCUT2D eigenvalue weighted by atomic mass is 16.7. The number of hydrogen-bond acceptors (Lipinski definition) is 9. The van der Waals surface area contributed by atoms with E-state index in [0.717, 1.165) is 0 Å². The third-order valence-electron chi connectivity index (χ3n) is 4.12. The molecule has 1 unspecified atom stereocenters. The highest BCUT2D eigenvalue weighted by Gasteiger charge is 2.32. The van der Waals surface area contributed by atoms with Gasteiger partial charge >= 0.3 is 12.1 Å². The SMILES string of the molecule is C#CCC(NC(=O)OC(C)(C)C)C(=O)NCCOCCOCCCC(=O)ON1C(=O)CCC1=O. The molecule has 1 aliphatic rings.